The highest BCUT2D eigenvalue weighted by Gasteiger charge is 2.34. The van der Waals surface area contributed by atoms with E-state index in [9.17, 15) is 9.59 Å². The summed E-state index contributed by atoms with van der Waals surface area (Å²) in [5.41, 5.74) is 2.98. The summed E-state index contributed by atoms with van der Waals surface area (Å²) in [6.45, 7) is 4.84. The molecule has 0 radical (unpaired) electrons. The van der Waals surface area contributed by atoms with Crippen LogP contribution in [0.3, 0.4) is 0 Å². The van der Waals surface area contributed by atoms with E-state index >= 15 is 0 Å². The summed E-state index contributed by atoms with van der Waals surface area (Å²) >= 11 is 25.1. The third-order valence-corrected chi connectivity index (χ3v) is 10.0. The quantitative estimate of drug-likeness (QED) is 0.140. The van der Waals surface area contributed by atoms with Gasteiger partial charge in [0.25, 0.3) is 5.91 Å². The third-order valence-electron chi connectivity index (χ3n) is 8.84. The van der Waals surface area contributed by atoms with Gasteiger partial charge < -0.3 is 28.9 Å². The lowest BCUT2D eigenvalue weighted by Crippen LogP contribution is -2.55. The molecule has 47 heavy (non-hydrogen) atoms. The number of benzene rings is 2. The molecule has 2 saturated heterocycles. The van der Waals surface area contributed by atoms with E-state index in [0.29, 0.717) is 44.3 Å². The van der Waals surface area contributed by atoms with Crippen molar-refractivity contribution in [1.29, 1.82) is 0 Å². The predicted molar refractivity (Wildman–Crippen MR) is 187 cm³/mol. The number of urea groups is 1. The summed E-state index contributed by atoms with van der Waals surface area (Å²) in [6.07, 6.45) is 6.81. The first-order chi connectivity index (χ1) is 22.6. The summed E-state index contributed by atoms with van der Waals surface area (Å²) in [6, 6.07) is 12.6. The van der Waals surface area contributed by atoms with E-state index in [0.717, 1.165) is 63.1 Å². The molecule has 9 nitrogen and oxygen atoms in total. The van der Waals surface area contributed by atoms with E-state index in [4.69, 9.17) is 55.7 Å². The molecule has 2 aliphatic rings. The van der Waals surface area contributed by atoms with Crippen molar-refractivity contribution in [3.8, 4) is 0 Å². The van der Waals surface area contributed by atoms with Crippen LogP contribution in [0.5, 0.6) is 0 Å². The third kappa shape index (κ3) is 9.15. The fourth-order valence-corrected chi connectivity index (χ4v) is 7.28. The Balaban J connectivity index is 1.25. The van der Waals surface area contributed by atoms with Crippen molar-refractivity contribution in [2.45, 2.75) is 44.2 Å². The largest absolute Gasteiger partial charge is 0.472 e. The maximum Gasteiger partial charge on any atom is 0.320 e. The van der Waals surface area contributed by atoms with Crippen molar-refractivity contribution in [2.24, 2.45) is 5.16 Å². The number of nitrogens with zero attached hydrogens (tertiary/aromatic N) is 5. The van der Waals surface area contributed by atoms with Gasteiger partial charge in [-0.15, -0.1) is 0 Å². The molecule has 0 bridgehead atoms. The van der Waals surface area contributed by atoms with Crippen molar-refractivity contribution in [3.05, 3.63) is 91.8 Å². The number of hydrogen-bond donors (Lipinski definition) is 0. The van der Waals surface area contributed by atoms with E-state index < -0.39 is 0 Å². The number of halogens is 4. The van der Waals surface area contributed by atoms with E-state index in [2.05, 4.69) is 15.0 Å². The van der Waals surface area contributed by atoms with Gasteiger partial charge in [-0.25, -0.2) is 4.79 Å². The monoisotopic (exact) mass is 721 g/mol. The molecule has 3 amide bonds. The zero-order chi connectivity index (χ0) is 33.5. The maximum atomic E-state index is 13.4. The molecule has 0 aliphatic carbocycles. The molecule has 13 heteroatoms. The van der Waals surface area contributed by atoms with E-state index in [1.807, 2.05) is 23.1 Å². The lowest BCUT2D eigenvalue weighted by Gasteiger charge is -2.43. The molecule has 2 aliphatic heterocycles. The Morgan fingerprint density at radius 1 is 1.02 bits per heavy atom. The topological polar surface area (TPSA) is 81.8 Å². The molecule has 5 rings (SSSR count). The Morgan fingerprint density at radius 3 is 2.43 bits per heavy atom. The summed E-state index contributed by atoms with van der Waals surface area (Å²) in [5.74, 6) is -0.454. The Bertz CT molecular complexity index is 1540. The number of piperidine rings is 1. The SMILES string of the molecule is CO/N=C(/CN(C)C(=O)c1cc(Cl)cc(Cl)c1)[C@H](CCN1CCC(N2CCCN(Cc3ccoc3)C2=O)CC1)c1ccc(Cl)c(Cl)c1. The van der Waals surface area contributed by atoms with Gasteiger partial charge in [0.1, 0.15) is 7.11 Å². The molecule has 3 heterocycles. The Hall–Kier alpha value is -2.95. The smallest absolute Gasteiger partial charge is 0.320 e. The minimum atomic E-state index is -0.247. The number of carbonyl (C=O) groups is 2. The zero-order valence-electron chi connectivity index (χ0n) is 26.5. The number of carbonyl (C=O) groups excluding carboxylic acids is 2. The first kappa shape index (κ1) is 35.4. The van der Waals surface area contributed by atoms with Gasteiger partial charge >= 0.3 is 6.03 Å². The second kappa shape index (κ2) is 16.4. The second-order valence-electron chi connectivity index (χ2n) is 12.1. The number of rotatable bonds is 12. The molecular formula is C34H39Cl4N5O4. The lowest BCUT2D eigenvalue weighted by molar-refractivity contribution is 0.0760. The van der Waals surface area contributed by atoms with Gasteiger partial charge in [-0.05, 0) is 74.2 Å². The normalized spacial score (nSPS) is 17.2. The number of hydrogen-bond acceptors (Lipinski definition) is 6. The van der Waals surface area contributed by atoms with E-state index in [-0.39, 0.29) is 30.4 Å². The van der Waals surface area contributed by atoms with Crippen molar-refractivity contribution in [2.75, 3.05) is 53.4 Å². The standard InChI is InChI=1S/C34H39Cl4N5O4/c1-40(33(44)25-16-26(35)19-27(36)17-25)21-32(39-46-2)29(24-4-5-30(37)31(38)18-24)8-14-41-12-6-28(7-13-41)43-11-3-10-42(34(43)45)20-23-9-15-47-22-23/h4-5,9,15-19,22,28-29H,3,6-8,10-14,20-21H2,1-2H3/b39-32-/t29-/m1/s1. The molecule has 1 atom stereocenters. The lowest BCUT2D eigenvalue weighted by atomic mass is 9.89. The van der Waals surface area contributed by atoms with Gasteiger partial charge in [0.05, 0.1) is 41.4 Å². The minimum Gasteiger partial charge on any atom is -0.472 e. The molecule has 0 spiro atoms. The highest BCUT2D eigenvalue weighted by Crippen LogP contribution is 2.31. The van der Waals surface area contributed by atoms with Crippen LogP contribution in [0.1, 0.15) is 53.1 Å². The Morgan fingerprint density at radius 2 is 1.77 bits per heavy atom. The maximum absolute atomic E-state index is 13.4. The molecule has 0 unspecified atom stereocenters. The van der Waals surface area contributed by atoms with Gasteiger partial charge in [-0.1, -0.05) is 57.6 Å². The van der Waals surface area contributed by atoms with Crippen LogP contribution in [0.2, 0.25) is 20.1 Å². The Kier molecular flexibility index (Phi) is 12.4. The van der Waals surface area contributed by atoms with Crippen LogP contribution in [-0.2, 0) is 11.4 Å². The fourth-order valence-electron chi connectivity index (χ4n) is 6.45. The molecule has 0 saturated carbocycles. The van der Waals surface area contributed by atoms with Crippen LogP contribution in [-0.4, -0.2) is 96.7 Å². The highest BCUT2D eigenvalue weighted by molar-refractivity contribution is 6.42. The van der Waals surface area contributed by atoms with Crippen LogP contribution in [0.15, 0.2) is 64.6 Å². The van der Waals surface area contributed by atoms with Crippen molar-refractivity contribution < 1.29 is 18.8 Å². The molecular weight excluding hydrogens is 684 g/mol. The first-order valence-corrected chi connectivity index (χ1v) is 17.2. The predicted octanol–water partition coefficient (Wildman–Crippen LogP) is 7.93. The van der Waals surface area contributed by atoms with Gasteiger partial charge in [0, 0.05) is 66.4 Å². The van der Waals surface area contributed by atoms with Gasteiger partial charge in [0.15, 0.2) is 0 Å². The average Bonchev–Trinajstić information content (AvgIpc) is 3.56. The van der Waals surface area contributed by atoms with Gasteiger partial charge in [-0.2, -0.15) is 0 Å². The zero-order valence-corrected chi connectivity index (χ0v) is 29.5. The highest BCUT2D eigenvalue weighted by atomic mass is 35.5. The number of oxime groups is 1. The van der Waals surface area contributed by atoms with Crippen LogP contribution >= 0.6 is 46.4 Å². The molecule has 1 aromatic heterocycles. The minimum absolute atomic E-state index is 0.106. The summed E-state index contributed by atoms with van der Waals surface area (Å²) in [4.78, 5) is 40.0. The van der Waals surface area contributed by atoms with E-state index in [1.54, 1.807) is 48.7 Å². The van der Waals surface area contributed by atoms with Gasteiger partial charge in [-0.3, -0.25) is 4.79 Å². The second-order valence-corrected chi connectivity index (χ2v) is 13.7. The molecule has 2 aromatic carbocycles. The van der Waals surface area contributed by atoms with Crippen LogP contribution in [0.25, 0.3) is 0 Å². The molecule has 3 aromatic rings. The molecule has 2 fully saturated rings. The van der Waals surface area contributed by atoms with Crippen molar-refractivity contribution >= 4 is 64.1 Å². The van der Waals surface area contributed by atoms with E-state index in [1.165, 1.54) is 7.11 Å². The molecule has 0 N–H and O–H groups in total. The van der Waals surface area contributed by atoms with Gasteiger partial charge in [0.2, 0.25) is 0 Å². The average molecular weight is 724 g/mol. The summed E-state index contributed by atoms with van der Waals surface area (Å²) < 4.78 is 5.20. The summed E-state index contributed by atoms with van der Waals surface area (Å²) in [7, 11) is 3.20. The van der Waals surface area contributed by atoms with Crippen LogP contribution in [0, 0.1) is 0 Å². The van der Waals surface area contributed by atoms with Crippen LogP contribution in [0.4, 0.5) is 4.79 Å². The van der Waals surface area contributed by atoms with Crippen molar-refractivity contribution in [3.63, 3.8) is 0 Å². The van der Waals surface area contributed by atoms with Crippen molar-refractivity contribution in [1.82, 2.24) is 19.6 Å². The number of furan rings is 1. The summed E-state index contributed by atoms with van der Waals surface area (Å²) in [5, 5.41) is 6.07. The first-order valence-electron chi connectivity index (χ1n) is 15.7. The number of amides is 3. The fraction of sp³-hybridized carbons (Fsp3) is 0.441. The number of likely N-dealkylation sites (tertiary alicyclic amines) is 1. The Labute approximate surface area is 295 Å². The van der Waals surface area contributed by atoms with Crippen LogP contribution < -0.4 is 0 Å². The molecule has 252 valence electrons.